The molecule has 0 unspecified atom stereocenters. The average molecular weight is 399 g/mol. The molecule has 0 radical (unpaired) electrons. The van der Waals surface area contributed by atoms with Gasteiger partial charge in [0.25, 0.3) is 0 Å². The quantitative estimate of drug-likeness (QED) is 0.678. The number of nitrogens with zero attached hydrogens (tertiary/aromatic N) is 1. The van der Waals surface area contributed by atoms with E-state index < -0.39 is 0 Å². The lowest BCUT2D eigenvalue weighted by molar-refractivity contribution is 0.0256. The molecule has 1 heterocycles. The minimum atomic E-state index is -0.382. The molecule has 3 nitrogen and oxygen atoms in total. The third-order valence-corrected chi connectivity index (χ3v) is 7.18. The Kier molecular flexibility index (Phi) is 5.20. The summed E-state index contributed by atoms with van der Waals surface area (Å²) >= 11 is 0. The Morgan fingerprint density at radius 2 is 1.50 bits per heavy atom. The van der Waals surface area contributed by atoms with Gasteiger partial charge in [0.2, 0.25) is 0 Å². The van der Waals surface area contributed by atoms with Crippen molar-refractivity contribution < 1.29 is 5.11 Å². The van der Waals surface area contributed by atoms with Crippen LogP contribution in [0.3, 0.4) is 0 Å². The molecule has 2 atom stereocenters. The molecule has 0 bridgehead atoms. The molecular weight excluding hydrogens is 368 g/mol. The number of likely N-dealkylation sites (tertiary alicyclic amines) is 1. The summed E-state index contributed by atoms with van der Waals surface area (Å²) < 4.78 is 0. The molecule has 1 fully saturated rings. The zero-order valence-corrected chi connectivity index (χ0v) is 17.6. The molecule has 1 aliphatic heterocycles. The van der Waals surface area contributed by atoms with Crippen LogP contribution in [0.2, 0.25) is 0 Å². The number of rotatable bonds is 4. The van der Waals surface area contributed by atoms with Crippen LogP contribution in [0.5, 0.6) is 0 Å². The standard InChI is InChI=1S/C27H30N2O/c1-29-17-15-27(16-18-29)24-10-6-5-9-23(24)25(26(27)30)28-19-20-11-13-22(14-12-20)21-7-3-2-4-8-21/h2-14,25-26,28,30H,15-19H2,1H3/t25-,26+/m0/s1. The van der Waals surface area contributed by atoms with E-state index in [1.165, 1.54) is 27.8 Å². The first-order valence-corrected chi connectivity index (χ1v) is 11.0. The summed E-state index contributed by atoms with van der Waals surface area (Å²) in [6.07, 6.45) is 1.66. The molecule has 2 N–H and O–H groups in total. The summed E-state index contributed by atoms with van der Waals surface area (Å²) in [5, 5.41) is 15.1. The van der Waals surface area contributed by atoms with E-state index in [1.807, 2.05) is 6.07 Å². The van der Waals surface area contributed by atoms with Crippen LogP contribution < -0.4 is 5.32 Å². The zero-order chi connectivity index (χ0) is 20.6. The number of benzene rings is 3. The van der Waals surface area contributed by atoms with Crippen molar-refractivity contribution in [3.05, 3.63) is 95.6 Å². The fraction of sp³-hybridized carbons (Fsp3) is 0.333. The van der Waals surface area contributed by atoms with Crippen molar-refractivity contribution in [3.8, 4) is 11.1 Å². The lowest BCUT2D eigenvalue weighted by atomic mass is 9.72. The van der Waals surface area contributed by atoms with Gasteiger partial charge >= 0.3 is 0 Å². The number of piperidine rings is 1. The van der Waals surface area contributed by atoms with E-state index in [9.17, 15) is 5.11 Å². The third kappa shape index (κ3) is 3.37. The molecule has 5 rings (SSSR count). The maximum Gasteiger partial charge on any atom is 0.0832 e. The average Bonchev–Trinajstić information content (AvgIpc) is 3.03. The highest BCUT2D eigenvalue weighted by molar-refractivity contribution is 5.63. The van der Waals surface area contributed by atoms with Gasteiger partial charge < -0.3 is 15.3 Å². The summed E-state index contributed by atoms with van der Waals surface area (Å²) in [5.41, 5.74) is 6.22. The summed E-state index contributed by atoms with van der Waals surface area (Å²) in [7, 11) is 2.18. The molecule has 3 aromatic carbocycles. The SMILES string of the molecule is CN1CCC2(CC1)c1ccccc1[C@H](NCc1ccc(-c3ccccc3)cc1)[C@H]2O. The van der Waals surface area contributed by atoms with Crippen LogP contribution in [0, 0.1) is 0 Å². The molecule has 1 spiro atoms. The van der Waals surface area contributed by atoms with Gasteiger partial charge in [-0.3, -0.25) is 0 Å². The van der Waals surface area contributed by atoms with E-state index >= 15 is 0 Å². The van der Waals surface area contributed by atoms with Gasteiger partial charge in [0.1, 0.15) is 0 Å². The minimum absolute atomic E-state index is 0.0154. The maximum atomic E-state index is 11.5. The van der Waals surface area contributed by atoms with Crippen molar-refractivity contribution in [2.75, 3.05) is 20.1 Å². The highest BCUT2D eigenvalue weighted by atomic mass is 16.3. The highest BCUT2D eigenvalue weighted by Crippen LogP contribution is 2.50. The molecular formula is C27H30N2O. The third-order valence-electron chi connectivity index (χ3n) is 7.18. The Bertz CT molecular complexity index is 991. The van der Waals surface area contributed by atoms with Crippen LogP contribution in [0.15, 0.2) is 78.9 Å². The van der Waals surface area contributed by atoms with Gasteiger partial charge in [0.05, 0.1) is 12.1 Å². The Hall–Kier alpha value is -2.46. The molecule has 3 aromatic rings. The number of aliphatic hydroxyl groups is 1. The summed E-state index contributed by atoms with van der Waals surface area (Å²) in [6, 6.07) is 27.9. The van der Waals surface area contributed by atoms with Crippen molar-refractivity contribution in [2.45, 2.75) is 36.9 Å². The predicted octanol–water partition coefficient (Wildman–Crippen LogP) is 4.52. The molecule has 2 aliphatic rings. The Morgan fingerprint density at radius 3 is 2.23 bits per heavy atom. The van der Waals surface area contributed by atoms with Crippen LogP contribution in [0.1, 0.15) is 35.6 Å². The van der Waals surface area contributed by atoms with Crippen LogP contribution in [-0.2, 0) is 12.0 Å². The number of hydrogen-bond acceptors (Lipinski definition) is 3. The summed E-state index contributed by atoms with van der Waals surface area (Å²) in [6.45, 7) is 2.83. The van der Waals surface area contributed by atoms with E-state index in [4.69, 9.17) is 0 Å². The smallest absolute Gasteiger partial charge is 0.0832 e. The topological polar surface area (TPSA) is 35.5 Å². The van der Waals surface area contributed by atoms with Crippen molar-refractivity contribution >= 4 is 0 Å². The van der Waals surface area contributed by atoms with E-state index in [2.05, 4.69) is 90.1 Å². The second-order valence-electron chi connectivity index (χ2n) is 8.91. The van der Waals surface area contributed by atoms with E-state index in [0.717, 1.165) is 32.5 Å². The van der Waals surface area contributed by atoms with Crippen LogP contribution in [-0.4, -0.2) is 36.2 Å². The first kappa shape index (κ1) is 19.5. The maximum absolute atomic E-state index is 11.5. The van der Waals surface area contributed by atoms with Crippen molar-refractivity contribution in [2.24, 2.45) is 0 Å². The van der Waals surface area contributed by atoms with Crippen molar-refractivity contribution in [1.29, 1.82) is 0 Å². The molecule has 30 heavy (non-hydrogen) atoms. The first-order chi connectivity index (χ1) is 14.7. The van der Waals surface area contributed by atoms with Crippen molar-refractivity contribution in [1.82, 2.24) is 10.2 Å². The lowest BCUT2D eigenvalue weighted by Gasteiger charge is -2.41. The largest absolute Gasteiger partial charge is 0.390 e. The Balaban J connectivity index is 1.34. The predicted molar refractivity (Wildman–Crippen MR) is 122 cm³/mol. The number of aliphatic hydroxyl groups excluding tert-OH is 1. The van der Waals surface area contributed by atoms with Gasteiger partial charge in [-0.05, 0) is 60.8 Å². The second-order valence-corrected chi connectivity index (χ2v) is 8.91. The normalized spacial score (nSPS) is 22.9. The van der Waals surface area contributed by atoms with Crippen molar-refractivity contribution in [3.63, 3.8) is 0 Å². The Labute approximate surface area is 179 Å². The monoisotopic (exact) mass is 398 g/mol. The van der Waals surface area contributed by atoms with Crippen LogP contribution >= 0.6 is 0 Å². The lowest BCUT2D eigenvalue weighted by Crippen LogP contribution is -2.48. The van der Waals surface area contributed by atoms with E-state index in [0.29, 0.717) is 0 Å². The molecule has 1 aliphatic carbocycles. The fourth-order valence-electron chi connectivity index (χ4n) is 5.35. The molecule has 0 amide bonds. The Morgan fingerprint density at radius 1 is 0.867 bits per heavy atom. The number of hydrogen-bond donors (Lipinski definition) is 2. The number of fused-ring (bicyclic) bond motifs is 2. The fourth-order valence-corrected chi connectivity index (χ4v) is 5.35. The molecule has 1 saturated heterocycles. The minimum Gasteiger partial charge on any atom is -0.390 e. The molecule has 3 heteroatoms. The van der Waals surface area contributed by atoms with Gasteiger partial charge in [-0.1, -0.05) is 78.9 Å². The summed E-state index contributed by atoms with van der Waals surface area (Å²) in [4.78, 5) is 2.37. The highest BCUT2D eigenvalue weighted by Gasteiger charge is 2.51. The van der Waals surface area contributed by atoms with Crippen LogP contribution in [0.25, 0.3) is 11.1 Å². The first-order valence-electron chi connectivity index (χ1n) is 11.0. The van der Waals surface area contributed by atoms with Gasteiger partial charge in [-0.2, -0.15) is 0 Å². The molecule has 0 saturated carbocycles. The van der Waals surface area contributed by atoms with Gasteiger partial charge in [0.15, 0.2) is 0 Å². The number of nitrogens with one attached hydrogen (secondary N) is 1. The van der Waals surface area contributed by atoms with E-state index in [-0.39, 0.29) is 17.6 Å². The van der Waals surface area contributed by atoms with Gasteiger partial charge in [-0.25, -0.2) is 0 Å². The molecule has 0 aromatic heterocycles. The molecule has 154 valence electrons. The van der Waals surface area contributed by atoms with Gasteiger partial charge in [-0.15, -0.1) is 0 Å². The second kappa shape index (κ2) is 7.99. The van der Waals surface area contributed by atoms with Gasteiger partial charge in [0, 0.05) is 12.0 Å². The van der Waals surface area contributed by atoms with Crippen LogP contribution in [0.4, 0.5) is 0 Å². The summed E-state index contributed by atoms with van der Waals surface area (Å²) in [5.74, 6) is 0. The zero-order valence-electron chi connectivity index (χ0n) is 17.6. The van der Waals surface area contributed by atoms with E-state index in [1.54, 1.807) is 0 Å².